The molecule has 0 aromatic carbocycles. The number of hydrazine groups is 1. The lowest BCUT2D eigenvalue weighted by molar-refractivity contribution is 0.238. The van der Waals surface area contributed by atoms with Crippen LogP contribution in [0.15, 0.2) is 46.4 Å². The van der Waals surface area contributed by atoms with E-state index in [9.17, 15) is 0 Å². The highest BCUT2D eigenvalue weighted by Crippen LogP contribution is 2.54. The van der Waals surface area contributed by atoms with Crippen LogP contribution in [-0.4, -0.2) is 31.6 Å². The van der Waals surface area contributed by atoms with Crippen LogP contribution in [0.5, 0.6) is 0 Å². The van der Waals surface area contributed by atoms with Crippen LogP contribution in [0.3, 0.4) is 0 Å². The summed E-state index contributed by atoms with van der Waals surface area (Å²) in [5.41, 5.74) is 7.51. The van der Waals surface area contributed by atoms with Gasteiger partial charge in [0.2, 0.25) is 0 Å². The lowest BCUT2D eigenvalue weighted by atomic mass is 10.1. The van der Waals surface area contributed by atoms with Crippen molar-refractivity contribution in [2.24, 2.45) is 15.9 Å². The molecule has 5 rings (SSSR count). The normalized spacial score (nSPS) is 30.9. The molecule has 3 aliphatic rings. The Morgan fingerprint density at radius 2 is 2.20 bits per heavy atom. The maximum Gasteiger partial charge on any atom is 0.166 e. The third-order valence-corrected chi connectivity index (χ3v) is 6.01. The van der Waals surface area contributed by atoms with Gasteiger partial charge in [0, 0.05) is 34.0 Å². The monoisotopic (exact) mass is 446 g/mol. The van der Waals surface area contributed by atoms with Crippen molar-refractivity contribution in [1.82, 2.24) is 19.8 Å². The predicted octanol–water partition coefficient (Wildman–Crippen LogP) is 3.31. The van der Waals surface area contributed by atoms with Crippen LogP contribution >= 0.6 is 22.6 Å². The van der Waals surface area contributed by atoms with E-state index in [-0.39, 0.29) is 5.66 Å². The fraction of sp³-hybridized carbons (Fsp3) is 0.389. The summed E-state index contributed by atoms with van der Waals surface area (Å²) in [7, 11) is 0. The topological polar surface area (TPSA) is 57.3 Å². The quantitative estimate of drug-likeness (QED) is 0.721. The molecular weight excluding hydrogens is 427 g/mol. The minimum absolute atomic E-state index is 0.305. The highest BCUT2D eigenvalue weighted by atomic mass is 127. The summed E-state index contributed by atoms with van der Waals surface area (Å²) < 4.78 is 3.31. The van der Waals surface area contributed by atoms with E-state index < -0.39 is 0 Å². The number of rotatable bonds is 2. The second-order valence-electron chi connectivity index (χ2n) is 7.24. The summed E-state index contributed by atoms with van der Waals surface area (Å²) >= 11 is 2.33. The van der Waals surface area contributed by atoms with Crippen LogP contribution in [0.25, 0.3) is 5.65 Å². The van der Waals surface area contributed by atoms with Crippen LogP contribution in [-0.2, 0) is 0 Å². The average Bonchev–Trinajstić information content (AvgIpc) is 3.15. The third kappa shape index (κ3) is 2.36. The van der Waals surface area contributed by atoms with Crippen LogP contribution in [0.1, 0.15) is 38.8 Å². The zero-order valence-electron chi connectivity index (χ0n) is 14.4. The zero-order chi connectivity index (χ0) is 17.3. The maximum absolute atomic E-state index is 5.00. The number of aromatic nitrogens is 2. The van der Waals surface area contributed by atoms with Crippen molar-refractivity contribution < 1.29 is 0 Å². The van der Waals surface area contributed by atoms with Gasteiger partial charge in [0.25, 0.3) is 0 Å². The molecule has 3 atom stereocenters. The largest absolute Gasteiger partial charge is 0.307 e. The minimum Gasteiger partial charge on any atom is -0.307 e. The Bertz CT molecular complexity index is 987. The summed E-state index contributed by atoms with van der Waals surface area (Å²) in [5.74, 6) is 1.83. The van der Waals surface area contributed by atoms with Crippen LogP contribution in [0.4, 0.5) is 0 Å². The number of hydrogen-bond acceptors (Lipinski definition) is 5. The first-order valence-corrected chi connectivity index (χ1v) is 9.56. The van der Waals surface area contributed by atoms with Gasteiger partial charge >= 0.3 is 0 Å². The summed E-state index contributed by atoms with van der Waals surface area (Å²) in [5, 5.41) is 2.07. The first-order chi connectivity index (χ1) is 11.9. The standard InChI is InChI=1S/C18H19IN6/c1-10-8-20-11(2)17-22-18(3,23-25(10)17)14-7-13(14)15-9-24-5-4-12(19)6-16(24)21-15/h4-6,8-9,13-14,23H,7H2,1-3H3. The number of pyridine rings is 1. The van der Waals surface area contributed by atoms with Crippen molar-refractivity contribution in [2.45, 2.75) is 38.8 Å². The molecule has 2 aromatic rings. The fourth-order valence-electron chi connectivity index (χ4n) is 3.84. The second-order valence-corrected chi connectivity index (χ2v) is 8.49. The SMILES string of the molecule is CC1=CN=C(C)C2=NC(C)(C3CC3c3cn4ccc(I)cc4n3)NN12. The van der Waals surface area contributed by atoms with Gasteiger partial charge in [-0.15, -0.1) is 0 Å². The molecule has 7 heteroatoms. The predicted molar refractivity (Wildman–Crippen MR) is 106 cm³/mol. The van der Waals surface area contributed by atoms with Crippen molar-refractivity contribution in [3.8, 4) is 0 Å². The first-order valence-electron chi connectivity index (χ1n) is 8.48. The highest BCUT2D eigenvalue weighted by Gasteiger charge is 2.55. The molecule has 6 nitrogen and oxygen atoms in total. The van der Waals surface area contributed by atoms with E-state index in [4.69, 9.17) is 9.98 Å². The van der Waals surface area contributed by atoms with E-state index in [1.807, 2.05) is 13.1 Å². The van der Waals surface area contributed by atoms with E-state index in [1.54, 1.807) is 0 Å². The number of nitrogens with zero attached hydrogens (tertiary/aromatic N) is 5. The Labute approximate surface area is 159 Å². The number of allylic oxidation sites excluding steroid dienone is 1. The molecule has 0 radical (unpaired) electrons. The third-order valence-electron chi connectivity index (χ3n) is 5.34. The van der Waals surface area contributed by atoms with Crippen LogP contribution in [0, 0.1) is 9.49 Å². The highest BCUT2D eigenvalue weighted by molar-refractivity contribution is 14.1. The number of amidine groups is 1. The van der Waals surface area contributed by atoms with Gasteiger partial charge in [-0.3, -0.25) is 10.0 Å². The Kier molecular flexibility index (Phi) is 3.19. The van der Waals surface area contributed by atoms with Crippen molar-refractivity contribution in [3.63, 3.8) is 0 Å². The molecule has 1 aliphatic carbocycles. The van der Waals surface area contributed by atoms with Gasteiger partial charge < -0.3 is 4.40 Å². The van der Waals surface area contributed by atoms with Crippen LogP contribution < -0.4 is 5.43 Å². The fourth-order valence-corrected chi connectivity index (χ4v) is 4.28. The molecule has 0 spiro atoms. The average molecular weight is 446 g/mol. The lowest BCUT2D eigenvalue weighted by Crippen LogP contribution is -2.48. The van der Waals surface area contributed by atoms with Crippen LogP contribution in [0.2, 0.25) is 0 Å². The summed E-state index contributed by atoms with van der Waals surface area (Å²) in [4.78, 5) is 14.3. The van der Waals surface area contributed by atoms with E-state index in [1.165, 1.54) is 3.57 Å². The Morgan fingerprint density at radius 1 is 1.36 bits per heavy atom. The molecule has 1 N–H and O–H groups in total. The Morgan fingerprint density at radius 3 is 3.00 bits per heavy atom. The minimum atomic E-state index is -0.305. The smallest absolute Gasteiger partial charge is 0.166 e. The number of nitrogens with one attached hydrogen (secondary N) is 1. The Hall–Kier alpha value is -1.74. The maximum atomic E-state index is 5.00. The van der Waals surface area contributed by atoms with E-state index in [2.05, 4.69) is 80.8 Å². The summed E-state index contributed by atoms with van der Waals surface area (Å²) in [6.45, 7) is 6.25. The molecule has 25 heavy (non-hydrogen) atoms. The molecule has 1 fully saturated rings. The van der Waals surface area contributed by atoms with Gasteiger partial charge in [-0.05, 0) is 61.9 Å². The molecular formula is C18H19IN6. The number of hydrogen-bond donors (Lipinski definition) is 1. The molecule has 1 saturated carbocycles. The van der Waals surface area contributed by atoms with Gasteiger partial charge in [-0.2, -0.15) is 0 Å². The molecule has 2 aromatic heterocycles. The summed E-state index contributed by atoms with van der Waals surface area (Å²) in [6, 6.07) is 4.22. The second kappa shape index (κ2) is 5.14. The zero-order valence-corrected chi connectivity index (χ0v) is 16.5. The van der Waals surface area contributed by atoms with E-state index in [0.29, 0.717) is 11.8 Å². The molecule has 0 amide bonds. The van der Waals surface area contributed by atoms with Crippen molar-refractivity contribution in [3.05, 3.63) is 45.7 Å². The number of halogens is 1. The first kappa shape index (κ1) is 15.5. The van der Waals surface area contributed by atoms with Gasteiger partial charge in [0.1, 0.15) is 11.3 Å². The summed E-state index contributed by atoms with van der Waals surface area (Å²) in [6.07, 6.45) is 7.23. The number of aliphatic imine (C=N–C) groups is 2. The van der Waals surface area contributed by atoms with Crippen molar-refractivity contribution in [2.75, 3.05) is 0 Å². The number of fused-ring (bicyclic) bond motifs is 2. The van der Waals surface area contributed by atoms with Crippen molar-refractivity contribution in [1.29, 1.82) is 0 Å². The molecule has 0 bridgehead atoms. The van der Waals surface area contributed by atoms with Gasteiger partial charge in [0.05, 0.1) is 17.1 Å². The van der Waals surface area contributed by atoms with Gasteiger partial charge in [-0.25, -0.2) is 15.4 Å². The lowest BCUT2D eigenvalue weighted by Gasteiger charge is -2.28. The molecule has 128 valence electrons. The molecule has 3 unspecified atom stereocenters. The van der Waals surface area contributed by atoms with Gasteiger partial charge in [0.15, 0.2) is 5.84 Å². The van der Waals surface area contributed by atoms with E-state index in [0.717, 1.165) is 35.0 Å². The Balaban J connectivity index is 1.44. The molecule has 4 heterocycles. The van der Waals surface area contributed by atoms with Gasteiger partial charge in [-0.1, -0.05) is 0 Å². The van der Waals surface area contributed by atoms with E-state index >= 15 is 0 Å². The molecule has 0 saturated heterocycles. The van der Waals surface area contributed by atoms with Crippen molar-refractivity contribution >= 4 is 39.8 Å². The molecule has 2 aliphatic heterocycles. The number of imidazole rings is 1.